The van der Waals surface area contributed by atoms with Gasteiger partial charge in [0, 0.05) is 0 Å². The van der Waals surface area contributed by atoms with Crippen molar-refractivity contribution in [3.05, 3.63) is 65.0 Å². The van der Waals surface area contributed by atoms with E-state index in [1.54, 1.807) is 6.07 Å². The second-order valence-corrected chi connectivity index (χ2v) is 6.08. The summed E-state index contributed by atoms with van der Waals surface area (Å²) >= 11 is 0. The van der Waals surface area contributed by atoms with Crippen molar-refractivity contribution in [3.8, 4) is 0 Å². The average molecular weight is 315 g/mol. The van der Waals surface area contributed by atoms with Crippen LogP contribution in [-0.2, 0) is 11.2 Å². The Balaban J connectivity index is 1.85. The van der Waals surface area contributed by atoms with Crippen molar-refractivity contribution in [3.63, 3.8) is 0 Å². The Bertz CT molecular complexity index is 676. The summed E-state index contributed by atoms with van der Waals surface area (Å²) in [5.74, 6) is 0.0935. The molecule has 0 saturated carbocycles. The predicted molar refractivity (Wildman–Crippen MR) is 91.4 cm³/mol. The molecular formula is C18H19FNOP. The summed E-state index contributed by atoms with van der Waals surface area (Å²) in [7, 11) is 2.53. The summed E-state index contributed by atoms with van der Waals surface area (Å²) in [4.78, 5) is 4.57. The number of nitrogens with zero attached hydrogens (tertiary/aromatic N) is 1. The number of benzene rings is 2. The van der Waals surface area contributed by atoms with Crippen molar-refractivity contribution in [2.24, 2.45) is 4.99 Å². The molecule has 1 heterocycles. The molecule has 0 aliphatic carbocycles. The van der Waals surface area contributed by atoms with Gasteiger partial charge in [0.2, 0.25) is 5.90 Å². The van der Waals surface area contributed by atoms with Gasteiger partial charge in [-0.2, -0.15) is 0 Å². The van der Waals surface area contributed by atoms with Crippen LogP contribution in [0.1, 0.15) is 36.1 Å². The number of hydrogen-bond acceptors (Lipinski definition) is 2. The van der Waals surface area contributed by atoms with Gasteiger partial charge < -0.3 is 4.74 Å². The molecule has 0 radical (unpaired) electrons. The molecule has 0 N–H and O–H groups in total. The summed E-state index contributed by atoms with van der Waals surface area (Å²) in [5, 5.41) is 0.762. The van der Waals surface area contributed by atoms with Crippen LogP contribution >= 0.6 is 9.24 Å². The van der Waals surface area contributed by atoms with Gasteiger partial charge in [0.15, 0.2) is 0 Å². The molecule has 0 fully saturated rings. The Labute approximate surface area is 132 Å². The highest BCUT2D eigenvalue weighted by molar-refractivity contribution is 7.27. The zero-order valence-corrected chi connectivity index (χ0v) is 13.7. The fraction of sp³-hybridized carbons (Fsp3) is 0.278. The van der Waals surface area contributed by atoms with Crippen LogP contribution in [0.4, 0.5) is 4.39 Å². The Hall–Kier alpha value is -1.73. The molecule has 0 spiro atoms. The lowest BCUT2D eigenvalue weighted by Gasteiger charge is -2.06. The molecule has 2 nitrogen and oxygen atoms in total. The number of aliphatic imine (C=N–C) groups is 1. The summed E-state index contributed by atoms with van der Waals surface area (Å²) < 4.78 is 19.6. The highest BCUT2D eigenvalue weighted by Gasteiger charge is 2.24. The Morgan fingerprint density at radius 3 is 2.68 bits per heavy atom. The minimum atomic E-state index is -0.301. The van der Waals surface area contributed by atoms with Gasteiger partial charge in [-0.1, -0.05) is 49.7 Å². The molecular weight excluding hydrogens is 296 g/mol. The Morgan fingerprint density at radius 2 is 2.00 bits per heavy atom. The fourth-order valence-corrected chi connectivity index (χ4v) is 3.02. The molecule has 114 valence electrons. The van der Waals surface area contributed by atoms with E-state index in [-0.39, 0.29) is 11.9 Å². The Morgan fingerprint density at radius 1 is 1.23 bits per heavy atom. The molecule has 0 bridgehead atoms. The van der Waals surface area contributed by atoms with Gasteiger partial charge in [0.1, 0.15) is 18.5 Å². The molecule has 22 heavy (non-hydrogen) atoms. The number of ether oxygens (including phenoxy) is 1. The van der Waals surface area contributed by atoms with Crippen LogP contribution in [0, 0.1) is 5.82 Å². The lowest BCUT2D eigenvalue weighted by Crippen LogP contribution is -2.13. The number of aryl methyl sites for hydroxylation is 1. The van der Waals surface area contributed by atoms with Crippen LogP contribution in [0.25, 0.3) is 0 Å². The maximum Gasteiger partial charge on any atom is 0.220 e. The van der Waals surface area contributed by atoms with Crippen LogP contribution in [0.5, 0.6) is 0 Å². The highest BCUT2D eigenvalue weighted by Crippen LogP contribution is 2.26. The van der Waals surface area contributed by atoms with Crippen molar-refractivity contribution in [2.75, 3.05) is 6.61 Å². The lowest BCUT2D eigenvalue weighted by atomic mass is 10.0. The van der Waals surface area contributed by atoms with Gasteiger partial charge in [0.05, 0.1) is 5.56 Å². The van der Waals surface area contributed by atoms with E-state index in [2.05, 4.69) is 45.4 Å². The van der Waals surface area contributed by atoms with Crippen molar-refractivity contribution >= 4 is 20.4 Å². The molecule has 1 aliphatic rings. The quantitative estimate of drug-likeness (QED) is 0.787. The molecule has 2 aromatic rings. The molecule has 2 aromatic carbocycles. The number of hydrogen-bond donors (Lipinski definition) is 0. The molecule has 0 amide bonds. The van der Waals surface area contributed by atoms with E-state index in [1.807, 2.05) is 6.07 Å². The van der Waals surface area contributed by atoms with Gasteiger partial charge in [-0.05, 0) is 28.9 Å². The average Bonchev–Trinajstić information content (AvgIpc) is 2.98. The van der Waals surface area contributed by atoms with Crippen molar-refractivity contribution < 1.29 is 9.13 Å². The third kappa shape index (κ3) is 3.05. The summed E-state index contributed by atoms with van der Waals surface area (Å²) in [5.41, 5.74) is 2.88. The van der Waals surface area contributed by atoms with E-state index >= 15 is 0 Å². The summed E-state index contributed by atoms with van der Waals surface area (Å²) in [6.07, 6.45) is 2.22. The SMILES string of the molecule is CCCc1ccc(C2COC(c3c(F)cccc3P)=N2)cc1. The standard InChI is InChI=1S/C18H19FNOP/c1-2-4-12-7-9-13(10-8-12)15-11-21-18(20-15)17-14(19)5-3-6-16(17)22/h3,5-10,15H,2,4,11,22H2,1H3. The van der Waals surface area contributed by atoms with Crippen LogP contribution in [0.3, 0.4) is 0 Å². The van der Waals surface area contributed by atoms with Gasteiger partial charge in [0.25, 0.3) is 0 Å². The zero-order valence-electron chi connectivity index (χ0n) is 12.6. The number of halogens is 1. The molecule has 4 heteroatoms. The van der Waals surface area contributed by atoms with E-state index in [4.69, 9.17) is 4.74 Å². The first kappa shape index (κ1) is 15.2. The van der Waals surface area contributed by atoms with Crippen LogP contribution in [0.15, 0.2) is 47.5 Å². The van der Waals surface area contributed by atoms with Crippen LogP contribution in [-0.4, -0.2) is 12.5 Å². The molecule has 2 unspecified atom stereocenters. The van der Waals surface area contributed by atoms with Crippen molar-refractivity contribution in [1.29, 1.82) is 0 Å². The third-order valence-electron chi connectivity index (χ3n) is 3.81. The third-order valence-corrected chi connectivity index (χ3v) is 4.30. The molecule has 0 saturated heterocycles. The van der Waals surface area contributed by atoms with E-state index in [1.165, 1.54) is 11.6 Å². The maximum atomic E-state index is 14.0. The largest absolute Gasteiger partial charge is 0.475 e. The number of rotatable bonds is 4. The van der Waals surface area contributed by atoms with Crippen molar-refractivity contribution in [1.82, 2.24) is 0 Å². The van der Waals surface area contributed by atoms with Gasteiger partial charge in [-0.15, -0.1) is 9.24 Å². The first-order valence-corrected chi connectivity index (χ1v) is 8.10. The second-order valence-electron chi connectivity index (χ2n) is 5.46. The summed E-state index contributed by atoms with van der Waals surface area (Å²) in [6.45, 7) is 2.63. The Kier molecular flexibility index (Phi) is 4.54. The lowest BCUT2D eigenvalue weighted by molar-refractivity contribution is 0.319. The smallest absolute Gasteiger partial charge is 0.220 e. The molecule has 2 atom stereocenters. The van der Waals surface area contributed by atoms with Crippen LogP contribution < -0.4 is 5.30 Å². The normalized spacial score (nSPS) is 17.2. The van der Waals surface area contributed by atoms with Crippen LogP contribution in [0.2, 0.25) is 0 Å². The van der Waals surface area contributed by atoms with E-state index in [0.29, 0.717) is 18.1 Å². The highest BCUT2D eigenvalue weighted by atomic mass is 31.0. The van der Waals surface area contributed by atoms with Crippen molar-refractivity contribution in [2.45, 2.75) is 25.8 Å². The van der Waals surface area contributed by atoms with Gasteiger partial charge in [-0.25, -0.2) is 9.38 Å². The van der Waals surface area contributed by atoms with E-state index in [0.717, 1.165) is 23.7 Å². The molecule has 1 aliphatic heterocycles. The second kappa shape index (κ2) is 6.58. The van der Waals surface area contributed by atoms with Gasteiger partial charge in [-0.3, -0.25) is 0 Å². The monoisotopic (exact) mass is 315 g/mol. The minimum absolute atomic E-state index is 0.0605. The first-order chi connectivity index (χ1) is 10.7. The fourth-order valence-electron chi connectivity index (χ4n) is 2.64. The van der Waals surface area contributed by atoms with Gasteiger partial charge >= 0.3 is 0 Å². The summed E-state index contributed by atoms with van der Waals surface area (Å²) in [6, 6.07) is 13.3. The minimum Gasteiger partial charge on any atom is -0.475 e. The molecule has 3 rings (SSSR count). The first-order valence-electron chi connectivity index (χ1n) is 7.53. The predicted octanol–water partition coefficient (Wildman–Crippen LogP) is 3.80. The van der Waals surface area contributed by atoms with E-state index < -0.39 is 0 Å². The zero-order chi connectivity index (χ0) is 15.5. The maximum absolute atomic E-state index is 14.0. The topological polar surface area (TPSA) is 21.6 Å². The van der Waals surface area contributed by atoms with E-state index in [9.17, 15) is 4.39 Å². The molecule has 0 aromatic heterocycles.